The summed E-state index contributed by atoms with van der Waals surface area (Å²) in [7, 11) is -2.50. The zero-order valence-corrected chi connectivity index (χ0v) is 15.3. The highest BCUT2D eigenvalue weighted by Gasteiger charge is 2.37. The zero-order valence-electron chi connectivity index (χ0n) is 13.7. The standard InChI is InChI=1S/C15H18N4O4S2/c1-23-15(20)14-13(5-7-24-14)25(21,22)18-6-4-11(8-18)19-9-12(16-17-19)10-2-3-10/h5,7,9-11H,2-4,6,8H2,1H3. The van der Waals surface area contributed by atoms with Crippen molar-refractivity contribution in [2.45, 2.75) is 36.1 Å². The van der Waals surface area contributed by atoms with Crippen molar-refractivity contribution in [1.29, 1.82) is 0 Å². The van der Waals surface area contributed by atoms with E-state index in [2.05, 4.69) is 15.0 Å². The molecule has 134 valence electrons. The fourth-order valence-corrected chi connectivity index (χ4v) is 5.86. The van der Waals surface area contributed by atoms with E-state index in [1.807, 2.05) is 6.20 Å². The number of ether oxygens (including phenoxy) is 1. The molecule has 1 atom stereocenters. The molecule has 0 spiro atoms. The van der Waals surface area contributed by atoms with Crippen LogP contribution in [0.1, 0.15) is 46.6 Å². The van der Waals surface area contributed by atoms with Gasteiger partial charge in [-0.3, -0.25) is 0 Å². The zero-order chi connectivity index (χ0) is 17.6. The fraction of sp³-hybridized carbons (Fsp3) is 0.533. The lowest BCUT2D eigenvalue weighted by Gasteiger charge is -2.16. The number of carbonyl (C=O) groups is 1. The predicted octanol–water partition coefficient (Wildman–Crippen LogP) is 1.64. The Balaban J connectivity index is 1.54. The highest BCUT2D eigenvalue weighted by Crippen LogP contribution is 2.39. The minimum atomic E-state index is -3.74. The van der Waals surface area contributed by atoms with Gasteiger partial charge in [0.25, 0.3) is 0 Å². The van der Waals surface area contributed by atoms with E-state index in [4.69, 9.17) is 0 Å². The number of esters is 1. The van der Waals surface area contributed by atoms with Gasteiger partial charge in [0, 0.05) is 25.2 Å². The Kier molecular flexibility index (Phi) is 4.13. The molecule has 3 heterocycles. The number of rotatable bonds is 5. The van der Waals surface area contributed by atoms with Gasteiger partial charge in [-0.25, -0.2) is 17.9 Å². The van der Waals surface area contributed by atoms with Gasteiger partial charge >= 0.3 is 5.97 Å². The molecule has 2 aliphatic rings. The number of aromatic nitrogens is 3. The van der Waals surface area contributed by atoms with Crippen LogP contribution in [0, 0.1) is 0 Å². The molecular formula is C15H18N4O4S2. The molecule has 0 N–H and O–H groups in total. The van der Waals surface area contributed by atoms with Crippen molar-refractivity contribution in [3.05, 3.63) is 28.2 Å². The van der Waals surface area contributed by atoms with Crippen molar-refractivity contribution in [2.24, 2.45) is 0 Å². The molecule has 1 aliphatic carbocycles. The van der Waals surface area contributed by atoms with Crippen LogP contribution in [0.15, 0.2) is 22.5 Å². The lowest BCUT2D eigenvalue weighted by Crippen LogP contribution is -2.30. The number of hydrogen-bond acceptors (Lipinski definition) is 7. The second-order valence-electron chi connectivity index (χ2n) is 6.31. The first kappa shape index (κ1) is 16.7. The molecule has 2 aromatic rings. The van der Waals surface area contributed by atoms with Crippen LogP contribution in [0.25, 0.3) is 0 Å². The van der Waals surface area contributed by atoms with Gasteiger partial charge < -0.3 is 4.74 Å². The smallest absolute Gasteiger partial charge is 0.349 e. The second kappa shape index (κ2) is 6.19. The van der Waals surface area contributed by atoms with Crippen LogP contribution in [-0.4, -0.2) is 53.9 Å². The van der Waals surface area contributed by atoms with Gasteiger partial charge in [0.1, 0.15) is 9.77 Å². The third-order valence-electron chi connectivity index (χ3n) is 4.64. The fourth-order valence-electron chi connectivity index (χ4n) is 3.06. The molecule has 0 amide bonds. The van der Waals surface area contributed by atoms with Crippen molar-refractivity contribution in [1.82, 2.24) is 19.3 Å². The van der Waals surface area contributed by atoms with Crippen LogP contribution in [-0.2, 0) is 14.8 Å². The maximum atomic E-state index is 12.9. The Morgan fingerprint density at radius 2 is 2.16 bits per heavy atom. The van der Waals surface area contributed by atoms with Crippen molar-refractivity contribution < 1.29 is 17.9 Å². The molecule has 1 saturated carbocycles. The molecule has 1 aliphatic heterocycles. The molecule has 0 aromatic carbocycles. The number of thiophene rings is 1. The molecule has 4 rings (SSSR count). The highest BCUT2D eigenvalue weighted by atomic mass is 32.2. The van der Waals surface area contributed by atoms with Gasteiger partial charge in [0.15, 0.2) is 0 Å². The second-order valence-corrected chi connectivity index (χ2v) is 9.13. The lowest BCUT2D eigenvalue weighted by molar-refractivity contribution is 0.0602. The summed E-state index contributed by atoms with van der Waals surface area (Å²) in [5, 5.41) is 9.95. The number of nitrogens with zero attached hydrogens (tertiary/aromatic N) is 4. The van der Waals surface area contributed by atoms with Crippen molar-refractivity contribution >= 4 is 27.3 Å². The number of hydrogen-bond donors (Lipinski definition) is 0. The Hall–Kier alpha value is -1.78. The summed E-state index contributed by atoms with van der Waals surface area (Å²) in [5.41, 5.74) is 0.993. The van der Waals surface area contributed by atoms with E-state index in [-0.39, 0.29) is 15.8 Å². The molecule has 25 heavy (non-hydrogen) atoms. The average Bonchev–Trinajstić information content (AvgIpc) is 3.05. The third kappa shape index (κ3) is 2.98. The molecule has 2 aromatic heterocycles. The van der Waals surface area contributed by atoms with Crippen LogP contribution in [0.3, 0.4) is 0 Å². The summed E-state index contributed by atoms with van der Waals surface area (Å²) in [5.74, 6) is -0.113. The molecule has 10 heteroatoms. The van der Waals surface area contributed by atoms with E-state index >= 15 is 0 Å². The Bertz CT molecular complexity index is 900. The van der Waals surface area contributed by atoms with Crippen molar-refractivity contribution in [3.8, 4) is 0 Å². The number of carbonyl (C=O) groups excluding carboxylic acids is 1. The summed E-state index contributed by atoms with van der Waals surface area (Å²) in [4.78, 5) is 11.9. The first-order chi connectivity index (χ1) is 12.0. The Labute approximate surface area is 149 Å². The van der Waals surface area contributed by atoms with Crippen molar-refractivity contribution in [2.75, 3.05) is 20.2 Å². The topological polar surface area (TPSA) is 94.4 Å². The minimum Gasteiger partial charge on any atom is -0.465 e. The van der Waals surface area contributed by atoms with E-state index in [1.54, 1.807) is 10.1 Å². The molecule has 1 unspecified atom stereocenters. The maximum absolute atomic E-state index is 12.9. The highest BCUT2D eigenvalue weighted by molar-refractivity contribution is 7.89. The van der Waals surface area contributed by atoms with E-state index in [1.165, 1.54) is 17.5 Å². The molecule has 1 saturated heterocycles. The molecular weight excluding hydrogens is 364 g/mol. The van der Waals surface area contributed by atoms with Crippen LogP contribution in [0.5, 0.6) is 0 Å². The van der Waals surface area contributed by atoms with E-state index < -0.39 is 16.0 Å². The van der Waals surface area contributed by atoms with E-state index in [0.29, 0.717) is 25.4 Å². The third-order valence-corrected chi connectivity index (χ3v) is 7.57. The van der Waals surface area contributed by atoms with E-state index in [9.17, 15) is 13.2 Å². The van der Waals surface area contributed by atoms with Crippen LogP contribution in [0.2, 0.25) is 0 Å². The first-order valence-corrected chi connectivity index (χ1v) is 10.4. The Morgan fingerprint density at radius 3 is 2.88 bits per heavy atom. The van der Waals surface area contributed by atoms with Gasteiger partial charge in [-0.05, 0) is 30.7 Å². The largest absolute Gasteiger partial charge is 0.465 e. The molecule has 0 bridgehead atoms. The van der Waals surface area contributed by atoms with Crippen LogP contribution >= 0.6 is 11.3 Å². The average molecular weight is 382 g/mol. The summed E-state index contributed by atoms with van der Waals surface area (Å²) in [6.07, 6.45) is 4.91. The summed E-state index contributed by atoms with van der Waals surface area (Å²) in [6.45, 7) is 0.717. The molecule has 8 nitrogen and oxygen atoms in total. The lowest BCUT2D eigenvalue weighted by atomic mass is 10.2. The van der Waals surface area contributed by atoms with Gasteiger partial charge in [-0.1, -0.05) is 5.21 Å². The summed E-state index contributed by atoms with van der Waals surface area (Å²) in [6, 6.07) is 1.43. The van der Waals surface area contributed by atoms with Crippen LogP contribution < -0.4 is 0 Å². The van der Waals surface area contributed by atoms with Gasteiger partial charge in [-0.2, -0.15) is 4.31 Å². The van der Waals surface area contributed by atoms with Crippen LogP contribution in [0.4, 0.5) is 0 Å². The summed E-state index contributed by atoms with van der Waals surface area (Å²) >= 11 is 1.07. The van der Waals surface area contributed by atoms with Gasteiger partial charge in [0.2, 0.25) is 10.0 Å². The quantitative estimate of drug-likeness (QED) is 0.730. The normalized spacial score (nSPS) is 21.6. The molecule has 0 radical (unpaired) electrons. The summed E-state index contributed by atoms with van der Waals surface area (Å²) < 4.78 is 33.7. The SMILES string of the molecule is COC(=O)c1sccc1S(=O)(=O)N1CCC(n2cc(C3CC3)nn2)C1. The monoisotopic (exact) mass is 382 g/mol. The van der Waals surface area contributed by atoms with Crippen molar-refractivity contribution in [3.63, 3.8) is 0 Å². The minimum absolute atomic E-state index is 0.0160. The van der Waals surface area contributed by atoms with Gasteiger partial charge in [-0.15, -0.1) is 16.4 Å². The molecule has 2 fully saturated rings. The predicted molar refractivity (Wildman–Crippen MR) is 90.1 cm³/mol. The Morgan fingerprint density at radius 1 is 1.36 bits per heavy atom. The maximum Gasteiger partial charge on any atom is 0.349 e. The first-order valence-electron chi connectivity index (χ1n) is 8.08. The number of sulfonamides is 1. The van der Waals surface area contributed by atoms with E-state index in [0.717, 1.165) is 29.9 Å². The van der Waals surface area contributed by atoms with Gasteiger partial charge in [0.05, 0.1) is 18.8 Å². The number of methoxy groups -OCH3 is 1.